The van der Waals surface area contributed by atoms with Crippen molar-refractivity contribution in [1.29, 1.82) is 0 Å². The van der Waals surface area contributed by atoms with Gasteiger partial charge in [-0.2, -0.15) is 0 Å². The first-order chi connectivity index (χ1) is 14.2. The summed E-state index contributed by atoms with van der Waals surface area (Å²) >= 11 is 0. The van der Waals surface area contributed by atoms with Crippen molar-refractivity contribution in [3.8, 4) is 11.1 Å². The number of carbonyl (C=O) groups is 2. The zero-order chi connectivity index (χ0) is 20.2. The SMILES string of the molecule is CCCNC(=O)C1c2ccccc2C(=O)N1Cc1ccccc1-c1ccccc1. The molecule has 29 heavy (non-hydrogen) atoms. The Morgan fingerprint density at radius 1 is 0.897 bits per heavy atom. The van der Waals surface area contributed by atoms with E-state index in [9.17, 15) is 9.59 Å². The van der Waals surface area contributed by atoms with Gasteiger partial charge in [-0.1, -0.05) is 79.7 Å². The van der Waals surface area contributed by atoms with E-state index >= 15 is 0 Å². The second-order valence-electron chi connectivity index (χ2n) is 7.24. The summed E-state index contributed by atoms with van der Waals surface area (Å²) in [7, 11) is 0. The fraction of sp³-hybridized carbons (Fsp3) is 0.200. The van der Waals surface area contributed by atoms with Gasteiger partial charge in [-0.05, 0) is 34.7 Å². The number of benzene rings is 3. The summed E-state index contributed by atoms with van der Waals surface area (Å²) in [6.07, 6.45) is 0.852. The van der Waals surface area contributed by atoms with Crippen LogP contribution in [0.2, 0.25) is 0 Å². The third kappa shape index (κ3) is 3.66. The number of amides is 2. The molecule has 1 heterocycles. The Bertz CT molecular complexity index is 1030. The Kier molecular flexibility index (Phi) is 5.43. The number of hydrogen-bond acceptors (Lipinski definition) is 2. The summed E-state index contributed by atoms with van der Waals surface area (Å²) in [4.78, 5) is 27.8. The van der Waals surface area contributed by atoms with Gasteiger partial charge in [-0.3, -0.25) is 9.59 Å². The molecular formula is C25H24N2O2. The van der Waals surface area contributed by atoms with Gasteiger partial charge in [-0.15, -0.1) is 0 Å². The second-order valence-corrected chi connectivity index (χ2v) is 7.24. The average molecular weight is 384 g/mol. The lowest BCUT2D eigenvalue weighted by Gasteiger charge is -2.26. The summed E-state index contributed by atoms with van der Waals surface area (Å²) in [5.74, 6) is -0.220. The Hall–Kier alpha value is -3.40. The quantitative estimate of drug-likeness (QED) is 0.676. The van der Waals surface area contributed by atoms with Crippen LogP contribution in [-0.4, -0.2) is 23.3 Å². The molecule has 1 aliphatic heterocycles. The van der Waals surface area contributed by atoms with Gasteiger partial charge in [0, 0.05) is 18.7 Å². The van der Waals surface area contributed by atoms with Crippen molar-refractivity contribution in [2.75, 3.05) is 6.54 Å². The minimum atomic E-state index is -0.603. The average Bonchev–Trinajstić information content (AvgIpc) is 3.05. The molecule has 1 N–H and O–H groups in total. The van der Waals surface area contributed by atoms with Crippen molar-refractivity contribution in [3.05, 3.63) is 95.6 Å². The molecule has 3 aromatic carbocycles. The normalized spacial score (nSPS) is 15.3. The molecule has 3 aromatic rings. The Morgan fingerprint density at radius 3 is 2.31 bits per heavy atom. The van der Waals surface area contributed by atoms with Crippen LogP contribution in [0.3, 0.4) is 0 Å². The molecule has 4 nitrogen and oxygen atoms in total. The zero-order valence-corrected chi connectivity index (χ0v) is 16.5. The summed E-state index contributed by atoms with van der Waals surface area (Å²) in [5, 5.41) is 2.96. The van der Waals surface area contributed by atoms with Crippen molar-refractivity contribution in [1.82, 2.24) is 10.2 Å². The fourth-order valence-corrected chi connectivity index (χ4v) is 3.90. The highest BCUT2D eigenvalue weighted by molar-refractivity contribution is 6.04. The van der Waals surface area contributed by atoms with Gasteiger partial charge in [0.2, 0.25) is 5.91 Å². The van der Waals surface area contributed by atoms with Crippen LogP contribution >= 0.6 is 0 Å². The molecule has 0 spiro atoms. The van der Waals surface area contributed by atoms with E-state index in [2.05, 4.69) is 23.5 Å². The van der Waals surface area contributed by atoms with Gasteiger partial charge in [0.1, 0.15) is 6.04 Å². The molecule has 146 valence electrons. The highest BCUT2D eigenvalue weighted by Crippen LogP contribution is 2.36. The highest BCUT2D eigenvalue weighted by Gasteiger charge is 2.40. The Morgan fingerprint density at radius 2 is 1.55 bits per heavy atom. The number of nitrogens with one attached hydrogen (secondary N) is 1. The van der Waals surface area contributed by atoms with Crippen LogP contribution in [0.5, 0.6) is 0 Å². The summed E-state index contributed by atoms with van der Waals surface area (Å²) in [6, 6.07) is 25.0. The van der Waals surface area contributed by atoms with Gasteiger partial charge in [0.25, 0.3) is 5.91 Å². The first-order valence-electron chi connectivity index (χ1n) is 10.0. The van der Waals surface area contributed by atoms with Crippen molar-refractivity contribution in [2.24, 2.45) is 0 Å². The standard InChI is InChI=1S/C25H24N2O2/c1-2-16-26-24(28)23-21-14-8-9-15-22(21)25(29)27(23)17-19-12-6-7-13-20(19)18-10-4-3-5-11-18/h3-15,23H,2,16-17H2,1H3,(H,26,28). The van der Waals surface area contributed by atoms with E-state index in [1.54, 1.807) is 11.0 Å². The van der Waals surface area contributed by atoms with Crippen molar-refractivity contribution in [2.45, 2.75) is 25.9 Å². The molecule has 4 rings (SSSR count). The topological polar surface area (TPSA) is 49.4 Å². The molecule has 4 heteroatoms. The first kappa shape index (κ1) is 18.9. The van der Waals surface area contributed by atoms with Crippen LogP contribution in [0.15, 0.2) is 78.9 Å². The van der Waals surface area contributed by atoms with Crippen molar-refractivity contribution < 1.29 is 9.59 Å². The zero-order valence-electron chi connectivity index (χ0n) is 16.5. The largest absolute Gasteiger partial charge is 0.354 e. The molecule has 0 fully saturated rings. The molecule has 0 saturated carbocycles. The fourth-order valence-electron chi connectivity index (χ4n) is 3.90. The predicted molar refractivity (Wildman–Crippen MR) is 114 cm³/mol. The van der Waals surface area contributed by atoms with E-state index in [1.807, 2.05) is 61.5 Å². The number of rotatable bonds is 6. The number of carbonyl (C=O) groups excluding carboxylic acids is 2. The molecular weight excluding hydrogens is 360 g/mol. The maximum atomic E-state index is 13.2. The molecule has 0 aliphatic carbocycles. The van der Waals surface area contributed by atoms with E-state index in [0.717, 1.165) is 28.7 Å². The van der Waals surface area contributed by atoms with Crippen LogP contribution in [0.1, 0.15) is 40.9 Å². The summed E-state index contributed by atoms with van der Waals surface area (Å²) in [5.41, 5.74) is 4.58. The lowest BCUT2D eigenvalue weighted by atomic mass is 9.99. The van der Waals surface area contributed by atoms with Gasteiger partial charge in [0.15, 0.2) is 0 Å². The van der Waals surface area contributed by atoms with E-state index in [0.29, 0.717) is 18.7 Å². The molecule has 0 aromatic heterocycles. The molecule has 1 atom stereocenters. The van der Waals surface area contributed by atoms with Gasteiger partial charge in [0.05, 0.1) is 0 Å². The van der Waals surface area contributed by atoms with Crippen LogP contribution in [-0.2, 0) is 11.3 Å². The maximum absolute atomic E-state index is 13.2. The van der Waals surface area contributed by atoms with Gasteiger partial charge >= 0.3 is 0 Å². The molecule has 0 radical (unpaired) electrons. The third-order valence-corrected chi connectivity index (χ3v) is 5.30. The van der Waals surface area contributed by atoms with Crippen LogP contribution < -0.4 is 5.32 Å². The molecule has 0 saturated heterocycles. The van der Waals surface area contributed by atoms with Crippen molar-refractivity contribution in [3.63, 3.8) is 0 Å². The molecule has 1 aliphatic rings. The molecule has 0 bridgehead atoms. The monoisotopic (exact) mass is 384 g/mol. The first-order valence-corrected chi connectivity index (χ1v) is 10.0. The second kappa shape index (κ2) is 8.31. The predicted octanol–water partition coefficient (Wildman–Crippen LogP) is 4.58. The van der Waals surface area contributed by atoms with Crippen molar-refractivity contribution >= 4 is 11.8 Å². The smallest absolute Gasteiger partial charge is 0.255 e. The molecule has 1 unspecified atom stereocenters. The van der Waals surface area contributed by atoms with E-state index in [-0.39, 0.29) is 11.8 Å². The Labute approximate surface area is 171 Å². The Balaban J connectivity index is 1.71. The minimum Gasteiger partial charge on any atom is -0.354 e. The minimum absolute atomic E-state index is 0.0971. The third-order valence-electron chi connectivity index (χ3n) is 5.30. The van der Waals surface area contributed by atoms with E-state index < -0.39 is 6.04 Å². The van der Waals surface area contributed by atoms with Gasteiger partial charge < -0.3 is 10.2 Å². The summed E-state index contributed by atoms with van der Waals surface area (Å²) in [6.45, 7) is 2.99. The van der Waals surface area contributed by atoms with E-state index in [1.165, 1.54) is 0 Å². The summed E-state index contributed by atoms with van der Waals surface area (Å²) < 4.78 is 0. The lowest BCUT2D eigenvalue weighted by molar-refractivity contribution is -0.125. The van der Waals surface area contributed by atoms with Crippen LogP contribution in [0.25, 0.3) is 11.1 Å². The van der Waals surface area contributed by atoms with Crippen LogP contribution in [0, 0.1) is 0 Å². The number of fused-ring (bicyclic) bond motifs is 1. The maximum Gasteiger partial charge on any atom is 0.255 e. The van der Waals surface area contributed by atoms with Gasteiger partial charge in [-0.25, -0.2) is 0 Å². The van der Waals surface area contributed by atoms with E-state index in [4.69, 9.17) is 0 Å². The van der Waals surface area contributed by atoms with Crippen LogP contribution in [0.4, 0.5) is 0 Å². The number of nitrogens with zero attached hydrogens (tertiary/aromatic N) is 1. The molecule has 2 amide bonds. The highest BCUT2D eigenvalue weighted by atomic mass is 16.2. The lowest BCUT2D eigenvalue weighted by Crippen LogP contribution is -2.39. The number of hydrogen-bond donors (Lipinski definition) is 1.